The van der Waals surface area contributed by atoms with Crippen LogP contribution in [0.5, 0.6) is 0 Å². The summed E-state index contributed by atoms with van der Waals surface area (Å²) < 4.78 is 21.1. The molecule has 176 valence electrons. The van der Waals surface area contributed by atoms with Gasteiger partial charge in [0.15, 0.2) is 18.0 Å². The summed E-state index contributed by atoms with van der Waals surface area (Å²) in [6.07, 6.45) is 4.94. The Bertz CT molecular complexity index is 891. The second-order valence-electron chi connectivity index (χ2n) is 9.73. The number of allylic oxidation sites excluding steroid dienone is 4. The van der Waals surface area contributed by atoms with Crippen molar-refractivity contribution in [2.75, 3.05) is 6.61 Å². The van der Waals surface area contributed by atoms with Gasteiger partial charge in [-0.3, -0.25) is 14.4 Å². The largest absolute Gasteiger partial charge is 0.458 e. The van der Waals surface area contributed by atoms with E-state index in [2.05, 4.69) is 6.58 Å². The predicted molar refractivity (Wildman–Crippen MR) is 116 cm³/mol. The summed E-state index contributed by atoms with van der Waals surface area (Å²) in [4.78, 5) is 36.2. The molecule has 0 amide bonds. The number of carbonyl (C=O) groups excluding carboxylic acids is 3. The third kappa shape index (κ3) is 3.79. The molecule has 3 rings (SSSR count). The van der Waals surface area contributed by atoms with E-state index in [0.29, 0.717) is 18.4 Å². The summed E-state index contributed by atoms with van der Waals surface area (Å²) in [6, 6.07) is 0. The number of rotatable bonds is 6. The maximum atomic E-state index is 16.3. The van der Waals surface area contributed by atoms with Crippen LogP contribution < -0.4 is 0 Å². The zero-order chi connectivity index (χ0) is 23.9. The van der Waals surface area contributed by atoms with Gasteiger partial charge in [-0.1, -0.05) is 32.1 Å². The van der Waals surface area contributed by atoms with E-state index in [-0.39, 0.29) is 30.6 Å². The highest BCUT2D eigenvalue weighted by Crippen LogP contribution is 2.66. The minimum absolute atomic E-state index is 0.0522. The van der Waals surface area contributed by atoms with Crippen LogP contribution in [0, 0.1) is 17.3 Å². The number of ether oxygens (including phenoxy) is 1. The number of aliphatic hydroxyl groups excluding tert-OH is 1. The Kier molecular flexibility index (Phi) is 6.64. The van der Waals surface area contributed by atoms with Crippen molar-refractivity contribution in [3.63, 3.8) is 0 Å². The van der Waals surface area contributed by atoms with Crippen LogP contribution in [0.4, 0.5) is 4.39 Å². The standard InChI is InChI=1S/C25H33FO6/c1-5-6-7-18(28)11-17-8-9-19-20-10-15(2)25(31,22(30)14-32-16(3)27)23(20,4)13-21(29)24(19,26)12-17/h6-7,11,19-21,29,31H,2,5,8-10,12-14H2,1,3-4H3/b7-6-,17-11-/t19-,20-,21-,23-,24-,25-/m0/s1. The quantitative estimate of drug-likeness (QED) is 0.368. The Morgan fingerprint density at radius 1 is 1.31 bits per heavy atom. The van der Waals surface area contributed by atoms with Crippen molar-refractivity contribution in [1.29, 1.82) is 0 Å². The molecule has 6 atom stereocenters. The molecule has 0 heterocycles. The number of esters is 1. The third-order valence-electron chi connectivity index (χ3n) is 7.85. The number of Topliss-reactive ketones (excluding diaryl/α,β-unsaturated/α-hetero) is 1. The molecule has 2 N–H and O–H groups in total. The average molecular weight is 449 g/mol. The minimum Gasteiger partial charge on any atom is -0.458 e. The topological polar surface area (TPSA) is 101 Å². The van der Waals surface area contributed by atoms with Gasteiger partial charge < -0.3 is 14.9 Å². The zero-order valence-electron chi connectivity index (χ0n) is 19.0. The van der Waals surface area contributed by atoms with Crippen molar-refractivity contribution < 1.29 is 33.7 Å². The summed E-state index contributed by atoms with van der Waals surface area (Å²) in [5.41, 5.74) is -4.17. The number of halogens is 1. The molecule has 6 nitrogen and oxygen atoms in total. The second-order valence-corrected chi connectivity index (χ2v) is 9.73. The van der Waals surface area contributed by atoms with Gasteiger partial charge in [-0.25, -0.2) is 4.39 Å². The van der Waals surface area contributed by atoms with Gasteiger partial charge in [-0.15, -0.1) is 0 Å². The van der Waals surface area contributed by atoms with Crippen LogP contribution in [0.25, 0.3) is 0 Å². The number of fused-ring (bicyclic) bond motifs is 3. The SMILES string of the molecule is C=C1C[C@H]2[C@@H]3CC/C(=C/C(=O)/C=C\CC)C[C@@]3(F)[C@@H](O)C[C@]2(C)[C@@]1(O)C(=O)COC(C)=O. The monoisotopic (exact) mass is 448 g/mol. The third-order valence-corrected chi connectivity index (χ3v) is 7.85. The van der Waals surface area contributed by atoms with E-state index in [0.717, 1.165) is 6.42 Å². The van der Waals surface area contributed by atoms with Gasteiger partial charge in [0.05, 0.1) is 6.10 Å². The molecule has 0 spiro atoms. The van der Waals surface area contributed by atoms with Crippen LogP contribution in [0.15, 0.2) is 36.0 Å². The maximum Gasteiger partial charge on any atom is 0.303 e. The summed E-state index contributed by atoms with van der Waals surface area (Å²) in [6.45, 7) is 8.09. The van der Waals surface area contributed by atoms with Crippen LogP contribution in [0.2, 0.25) is 0 Å². The molecule has 0 bridgehead atoms. The molecule has 0 radical (unpaired) electrons. The Hall–Kier alpha value is -2.12. The molecule has 0 saturated heterocycles. The van der Waals surface area contributed by atoms with Gasteiger partial charge in [0.1, 0.15) is 5.67 Å². The molecule has 0 unspecified atom stereocenters. The fourth-order valence-electron chi connectivity index (χ4n) is 6.21. The first-order valence-electron chi connectivity index (χ1n) is 11.2. The Morgan fingerprint density at radius 2 is 2.00 bits per heavy atom. The highest BCUT2D eigenvalue weighted by atomic mass is 19.1. The summed E-state index contributed by atoms with van der Waals surface area (Å²) in [5.74, 6) is -2.55. The number of aliphatic hydroxyl groups is 2. The lowest BCUT2D eigenvalue weighted by atomic mass is 9.51. The first-order chi connectivity index (χ1) is 14.9. The molecular formula is C25H33FO6. The first-order valence-corrected chi connectivity index (χ1v) is 11.2. The van der Waals surface area contributed by atoms with Gasteiger partial charge in [0, 0.05) is 18.8 Å². The molecule has 0 aromatic heterocycles. The van der Waals surface area contributed by atoms with Gasteiger partial charge in [-0.2, -0.15) is 0 Å². The van der Waals surface area contributed by atoms with E-state index in [1.165, 1.54) is 19.1 Å². The molecule has 3 fully saturated rings. The fraction of sp³-hybridized carbons (Fsp3) is 0.640. The van der Waals surface area contributed by atoms with Crippen molar-refractivity contribution in [1.82, 2.24) is 0 Å². The normalized spacial score (nSPS) is 40.2. The number of carbonyl (C=O) groups is 3. The smallest absolute Gasteiger partial charge is 0.303 e. The van der Waals surface area contributed by atoms with Crippen LogP contribution in [0.1, 0.15) is 59.3 Å². The highest BCUT2D eigenvalue weighted by molar-refractivity contribution is 5.99. The van der Waals surface area contributed by atoms with Crippen molar-refractivity contribution in [3.05, 3.63) is 36.0 Å². The predicted octanol–water partition coefficient (Wildman–Crippen LogP) is 3.17. The van der Waals surface area contributed by atoms with Crippen molar-refractivity contribution in [2.24, 2.45) is 17.3 Å². The van der Waals surface area contributed by atoms with E-state index in [1.807, 2.05) is 6.92 Å². The average Bonchev–Trinajstić information content (AvgIpc) is 2.92. The second kappa shape index (κ2) is 8.67. The molecular weight excluding hydrogens is 415 g/mol. The number of ketones is 2. The van der Waals surface area contributed by atoms with Crippen LogP contribution in [-0.2, 0) is 19.1 Å². The van der Waals surface area contributed by atoms with E-state index in [9.17, 15) is 24.6 Å². The molecule has 0 aromatic carbocycles. The highest BCUT2D eigenvalue weighted by Gasteiger charge is 2.71. The van der Waals surface area contributed by atoms with Crippen LogP contribution in [0.3, 0.4) is 0 Å². The lowest BCUT2D eigenvalue weighted by molar-refractivity contribution is -0.193. The van der Waals surface area contributed by atoms with E-state index < -0.39 is 53.0 Å². The Morgan fingerprint density at radius 3 is 2.62 bits per heavy atom. The summed E-state index contributed by atoms with van der Waals surface area (Å²) >= 11 is 0. The van der Waals surface area contributed by atoms with Crippen molar-refractivity contribution in [2.45, 2.75) is 76.7 Å². The van der Waals surface area contributed by atoms with E-state index in [4.69, 9.17) is 4.74 Å². The van der Waals surface area contributed by atoms with E-state index >= 15 is 4.39 Å². The Balaban J connectivity index is 1.90. The Labute approximate surface area is 188 Å². The summed E-state index contributed by atoms with van der Waals surface area (Å²) in [5, 5.41) is 22.5. The fourth-order valence-corrected chi connectivity index (χ4v) is 6.21. The molecule has 32 heavy (non-hydrogen) atoms. The number of hydrogen-bond donors (Lipinski definition) is 2. The zero-order valence-corrected chi connectivity index (χ0v) is 19.0. The van der Waals surface area contributed by atoms with Crippen molar-refractivity contribution in [3.8, 4) is 0 Å². The minimum atomic E-state index is -2.01. The molecule has 3 saturated carbocycles. The van der Waals surface area contributed by atoms with Crippen molar-refractivity contribution >= 4 is 17.5 Å². The van der Waals surface area contributed by atoms with Gasteiger partial charge in [0.2, 0.25) is 5.78 Å². The molecule has 3 aliphatic rings. The van der Waals surface area contributed by atoms with Gasteiger partial charge in [-0.05, 0) is 61.7 Å². The number of hydrogen-bond acceptors (Lipinski definition) is 6. The summed E-state index contributed by atoms with van der Waals surface area (Å²) in [7, 11) is 0. The van der Waals surface area contributed by atoms with Crippen LogP contribution >= 0.6 is 0 Å². The van der Waals surface area contributed by atoms with E-state index in [1.54, 1.807) is 13.0 Å². The lowest BCUT2D eigenvalue weighted by Gasteiger charge is -2.56. The lowest BCUT2D eigenvalue weighted by Crippen LogP contribution is -2.64. The molecule has 0 aromatic rings. The van der Waals surface area contributed by atoms with Crippen LogP contribution in [-0.4, -0.2) is 51.7 Å². The van der Waals surface area contributed by atoms with Gasteiger partial charge >= 0.3 is 5.97 Å². The van der Waals surface area contributed by atoms with Gasteiger partial charge in [0.25, 0.3) is 0 Å². The maximum absolute atomic E-state index is 16.3. The molecule has 7 heteroatoms. The molecule has 3 aliphatic carbocycles. The molecule has 0 aliphatic heterocycles. The first kappa shape index (κ1) is 24.5. The number of alkyl halides is 1.